The van der Waals surface area contributed by atoms with Crippen molar-refractivity contribution in [3.05, 3.63) is 12.2 Å². The summed E-state index contributed by atoms with van der Waals surface area (Å²) in [4.78, 5) is 4.05. The molecule has 0 aromatic carbocycles. The van der Waals surface area contributed by atoms with Gasteiger partial charge in [0.25, 0.3) is 0 Å². The molecule has 0 radical (unpaired) electrons. The molecule has 0 bridgehead atoms. The number of rotatable bonds is 4. The van der Waals surface area contributed by atoms with Gasteiger partial charge in [-0.25, -0.2) is 4.98 Å². The number of nitrogens with zero attached hydrogens (tertiary/aromatic N) is 2. The summed E-state index contributed by atoms with van der Waals surface area (Å²) < 4.78 is 0. The van der Waals surface area contributed by atoms with Gasteiger partial charge in [0, 0.05) is 0 Å². The second-order valence-electron chi connectivity index (χ2n) is 3.29. The van der Waals surface area contributed by atoms with Gasteiger partial charge in [-0.1, -0.05) is 0 Å². The number of hydrogen-bond acceptors (Lipinski definition) is 4. The third-order valence-corrected chi connectivity index (χ3v) is 3.45. The second kappa shape index (κ2) is 4.62. The molecule has 1 aromatic heterocycles. The molecule has 1 aromatic rings. The topological polar surface area (TPSA) is 53.6 Å². The fraction of sp³-hybridized carbons (Fsp3) is 0.750. The predicted octanol–water partition coefficient (Wildman–Crippen LogP) is 0.647. The lowest BCUT2D eigenvalue weighted by molar-refractivity contribution is 0.517. The van der Waals surface area contributed by atoms with Gasteiger partial charge in [0.1, 0.15) is 12.2 Å². The van der Waals surface area contributed by atoms with Gasteiger partial charge in [-0.2, -0.15) is 16.9 Å². The average Bonchev–Trinajstić information content (AvgIpc) is 2.75. The van der Waals surface area contributed by atoms with Crippen molar-refractivity contribution >= 4 is 11.8 Å². The minimum Gasteiger partial charge on any atom is -0.310 e. The van der Waals surface area contributed by atoms with Crippen LogP contribution in [0.5, 0.6) is 0 Å². The average molecular weight is 198 g/mol. The number of hydrogen-bond donors (Lipinski definition) is 2. The third-order valence-electron chi connectivity index (χ3n) is 2.21. The SMILES string of the molecule is c1n[nH]c(CNCC2CCSC2)n1. The Kier molecular flexibility index (Phi) is 3.21. The summed E-state index contributed by atoms with van der Waals surface area (Å²) in [7, 11) is 0. The number of nitrogens with one attached hydrogen (secondary N) is 2. The molecule has 1 aliphatic rings. The van der Waals surface area contributed by atoms with Gasteiger partial charge in [-0.3, -0.25) is 5.10 Å². The van der Waals surface area contributed by atoms with Crippen molar-refractivity contribution in [3.63, 3.8) is 0 Å². The first-order chi connectivity index (χ1) is 6.45. The van der Waals surface area contributed by atoms with Crippen molar-refractivity contribution in [1.29, 1.82) is 0 Å². The summed E-state index contributed by atoms with van der Waals surface area (Å²) in [6.45, 7) is 1.91. The molecule has 4 nitrogen and oxygen atoms in total. The Morgan fingerprint density at radius 3 is 3.38 bits per heavy atom. The Hall–Kier alpha value is -0.550. The summed E-state index contributed by atoms with van der Waals surface area (Å²) in [5.41, 5.74) is 0. The quantitative estimate of drug-likeness (QED) is 0.746. The molecule has 72 valence electrons. The first-order valence-corrected chi connectivity index (χ1v) is 5.73. The fourth-order valence-corrected chi connectivity index (χ4v) is 2.74. The van der Waals surface area contributed by atoms with E-state index >= 15 is 0 Å². The van der Waals surface area contributed by atoms with Crippen molar-refractivity contribution in [2.75, 3.05) is 18.1 Å². The molecule has 1 atom stereocenters. The largest absolute Gasteiger partial charge is 0.310 e. The number of H-pyrrole nitrogens is 1. The maximum absolute atomic E-state index is 4.05. The lowest BCUT2D eigenvalue weighted by Gasteiger charge is -2.07. The second-order valence-corrected chi connectivity index (χ2v) is 4.44. The standard InChI is InChI=1S/C8H14N4S/c1-2-13-5-7(1)3-9-4-8-10-6-11-12-8/h6-7,9H,1-5H2,(H,10,11,12). The van der Waals surface area contributed by atoms with Gasteiger partial charge in [0.05, 0.1) is 6.54 Å². The number of aromatic nitrogens is 3. The molecular weight excluding hydrogens is 184 g/mol. The van der Waals surface area contributed by atoms with E-state index in [-0.39, 0.29) is 0 Å². The molecule has 0 amide bonds. The zero-order chi connectivity index (χ0) is 8.93. The predicted molar refractivity (Wildman–Crippen MR) is 53.5 cm³/mol. The van der Waals surface area contributed by atoms with E-state index in [1.54, 1.807) is 6.33 Å². The molecule has 0 spiro atoms. The highest BCUT2D eigenvalue weighted by Crippen LogP contribution is 2.22. The maximum atomic E-state index is 4.05. The van der Waals surface area contributed by atoms with Crippen LogP contribution in [0.1, 0.15) is 12.2 Å². The molecule has 2 rings (SSSR count). The Bertz CT molecular complexity index is 230. The lowest BCUT2D eigenvalue weighted by atomic mass is 10.1. The van der Waals surface area contributed by atoms with E-state index < -0.39 is 0 Å². The van der Waals surface area contributed by atoms with E-state index in [2.05, 4.69) is 32.3 Å². The third kappa shape index (κ3) is 2.70. The molecule has 1 fully saturated rings. The molecule has 2 heterocycles. The summed E-state index contributed by atoms with van der Waals surface area (Å²) in [6.07, 6.45) is 2.90. The van der Waals surface area contributed by atoms with Gasteiger partial charge in [0.15, 0.2) is 0 Å². The molecule has 2 N–H and O–H groups in total. The molecule has 1 saturated heterocycles. The van der Waals surface area contributed by atoms with Crippen LogP contribution in [-0.4, -0.2) is 33.2 Å². The lowest BCUT2D eigenvalue weighted by Crippen LogP contribution is -2.22. The molecule has 0 aliphatic carbocycles. The summed E-state index contributed by atoms with van der Waals surface area (Å²) in [5.74, 6) is 4.41. The molecular formula is C8H14N4S. The molecule has 5 heteroatoms. The molecule has 1 unspecified atom stereocenters. The highest BCUT2D eigenvalue weighted by atomic mass is 32.2. The van der Waals surface area contributed by atoms with Crippen molar-refractivity contribution in [2.24, 2.45) is 5.92 Å². The van der Waals surface area contributed by atoms with Crippen LogP contribution in [0.3, 0.4) is 0 Å². The van der Waals surface area contributed by atoms with Gasteiger partial charge < -0.3 is 5.32 Å². The van der Waals surface area contributed by atoms with Crippen LogP contribution in [0.15, 0.2) is 6.33 Å². The zero-order valence-electron chi connectivity index (χ0n) is 7.49. The van der Waals surface area contributed by atoms with E-state index in [0.717, 1.165) is 24.8 Å². The van der Waals surface area contributed by atoms with E-state index in [4.69, 9.17) is 0 Å². The van der Waals surface area contributed by atoms with Crippen LogP contribution in [0.25, 0.3) is 0 Å². The van der Waals surface area contributed by atoms with Gasteiger partial charge in [-0.05, 0) is 30.4 Å². The highest BCUT2D eigenvalue weighted by Gasteiger charge is 2.14. The van der Waals surface area contributed by atoms with Crippen LogP contribution >= 0.6 is 11.8 Å². The van der Waals surface area contributed by atoms with Crippen molar-refractivity contribution in [2.45, 2.75) is 13.0 Å². The van der Waals surface area contributed by atoms with Crippen LogP contribution in [-0.2, 0) is 6.54 Å². The monoisotopic (exact) mass is 198 g/mol. The Labute approximate surface area is 81.9 Å². The fourth-order valence-electron chi connectivity index (χ4n) is 1.45. The molecule has 0 saturated carbocycles. The van der Waals surface area contributed by atoms with Crippen LogP contribution in [0.2, 0.25) is 0 Å². The highest BCUT2D eigenvalue weighted by molar-refractivity contribution is 7.99. The molecule has 13 heavy (non-hydrogen) atoms. The Morgan fingerprint density at radius 1 is 1.69 bits per heavy atom. The smallest absolute Gasteiger partial charge is 0.138 e. The first kappa shape index (κ1) is 9.02. The van der Waals surface area contributed by atoms with E-state index in [1.807, 2.05) is 0 Å². The van der Waals surface area contributed by atoms with Crippen molar-refractivity contribution in [1.82, 2.24) is 20.5 Å². The molecule has 1 aliphatic heterocycles. The summed E-state index contributed by atoms with van der Waals surface area (Å²) in [6, 6.07) is 0. The van der Waals surface area contributed by atoms with Gasteiger partial charge >= 0.3 is 0 Å². The minimum absolute atomic E-state index is 0.807. The van der Waals surface area contributed by atoms with Crippen LogP contribution in [0.4, 0.5) is 0 Å². The van der Waals surface area contributed by atoms with E-state index in [0.29, 0.717) is 0 Å². The van der Waals surface area contributed by atoms with Crippen LogP contribution < -0.4 is 5.32 Å². The maximum Gasteiger partial charge on any atom is 0.138 e. The zero-order valence-corrected chi connectivity index (χ0v) is 8.31. The normalized spacial score (nSPS) is 22.3. The summed E-state index contributed by atoms with van der Waals surface area (Å²) >= 11 is 2.05. The van der Waals surface area contributed by atoms with Crippen LogP contribution in [0, 0.1) is 5.92 Å². The van der Waals surface area contributed by atoms with Crippen molar-refractivity contribution < 1.29 is 0 Å². The number of thioether (sulfide) groups is 1. The van der Waals surface area contributed by atoms with E-state index in [1.165, 1.54) is 17.9 Å². The van der Waals surface area contributed by atoms with Gasteiger partial charge in [-0.15, -0.1) is 0 Å². The van der Waals surface area contributed by atoms with E-state index in [9.17, 15) is 0 Å². The van der Waals surface area contributed by atoms with Crippen molar-refractivity contribution in [3.8, 4) is 0 Å². The minimum atomic E-state index is 0.807. The first-order valence-electron chi connectivity index (χ1n) is 4.58. The van der Waals surface area contributed by atoms with Gasteiger partial charge in [0.2, 0.25) is 0 Å². The Balaban J connectivity index is 1.63. The summed E-state index contributed by atoms with van der Waals surface area (Å²) in [5, 5.41) is 10.0. The Morgan fingerprint density at radius 2 is 2.69 bits per heavy atom. The number of aromatic amines is 1.